The number of allylic oxidation sites excluding steroid dienone is 6. The summed E-state index contributed by atoms with van der Waals surface area (Å²) in [6, 6.07) is 3.67. The molecular formula is C27H34ClN5O. The van der Waals surface area contributed by atoms with E-state index in [1.807, 2.05) is 30.5 Å². The highest BCUT2D eigenvalue weighted by Crippen LogP contribution is 2.17. The molecule has 1 aromatic rings. The van der Waals surface area contributed by atoms with E-state index in [1.54, 1.807) is 31.6 Å². The van der Waals surface area contributed by atoms with E-state index in [0.29, 0.717) is 30.1 Å². The fourth-order valence-electron chi connectivity index (χ4n) is 2.83. The van der Waals surface area contributed by atoms with Gasteiger partial charge in [-0.05, 0) is 48.4 Å². The summed E-state index contributed by atoms with van der Waals surface area (Å²) in [6.07, 6.45) is 17.3. The number of hydrogen-bond acceptors (Lipinski definition) is 5. The molecule has 1 amide bonds. The Balaban J connectivity index is 2.77. The molecular weight excluding hydrogens is 446 g/mol. The first-order valence-corrected chi connectivity index (χ1v) is 11.5. The molecule has 0 aromatic carbocycles. The Morgan fingerprint density at radius 1 is 1.26 bits per heavy atom. The molecule has 0 aliphatic carbocycles. The van der Waals surface area contributed by atoms with Crippen LogP contribution >= 0.6 is 11.6 Å². The van der Waals surface area contributed by atoms with E-state index < -0.39 is 0 Å². The van der Waals surface area contributed by atoms with Crippen molar-refractivity contribution in [3.8, 4) is 0 Å². The van der Waals surface area contributed by atoms with E-state index >= 15 is 0 Å². The molecule has 0 saturated heterocycles. The van der Waals surface area contributed by atoms with Gasteiger partial charge in [-0.25, -0.2) is 4.98 Å². The van der Waals surface area contributed by atoms with Crippen molar-refractivity contribution in [2.24, 2.45) is 9.98 Å². The Kier molecular flexibility index (Phi) is 14.3. The van der Waals surface area contributed by atoms with E-state index in [4.69, 9.17) is 11.6 Å². The number of aliphatic imine (C=N–C) groups is 2. The normalized spacial score (nSPS) is 13.1. The van der Waals surface area contributed by atoms with Crippen molar-refractivity contribution < 1.29 is 4.79 Å². The number of pyridine rings is 1. The second-order valence-corrected chi connectivity index (χ2v) is 7.45. The summed E-state index contributed by atoms with van der Waals surface area (Å²) in [5, 5.41) is 5.76. The zero-order valence-corrected chi connectivity index (χ0v) is 21.0. The Morgan fingerprint density at radius 2 is 2.06 bits per heavy atom. The molecule has 0 radical (unpaired) electrons. The van der Waals surface area contributed by atoms with E-state index in [9.17, 15) is 4.79 Å². The lowest BCUT2D eigenvalue weighted by Crippen LogP contribution is -2.23. The van der Waals surface area contributed by atoms with E-state index in [1.165, 1.54) is 5.54 Å². The van der Waals surface area contributed by atoms with Gasteiger partial charge in [-0.1, -0.05) is 62.4 Å². The van der Waals surface area contributed by atoms with Crippen LogP contribution in [0.1, 0.15) is 38.7 Å². The van der Waals surface area contributed by atoms with Gasteiger partial charge in [0.2, 0.25) is 0 Å². The summed E-state index contributed by atoms with van der Waals surface area (Å²) >= 11 is 5.48. The molecule has 7 heteroatoms. The van der Waals surface area contributed by atoms with Crippen molar-refractivity contribution >= 4 is 36.3 Å². The summed E-state index contributed by atoms with van der Waals surface area (Å²) in [7, 11) is 1.76. The van der Waals surface area contributed by atoms with Gasteiger partial charge in [0.05, 0.1) is 0 Å². The third kappa shape index (κ3) is 11.4. The van der Waals surface area contributed by atoms with Crippen LogP contribution in [-0.2, 0) is 11.3 Å². The Labute approximate surface area is 208 Å². The van der Waals surface area contributed by atoms with Crippen LogP contribution in [0.15, 0.2) is 99.4 Å². The molecule has 6 nitrogen and oxygen atoms in total. The van der Waals surface area contributed by atoms with Gasteiger partial charge in [0.15, 0.2) is 0 Å². The second kappa shape index (κ2) is 17.0. The smallest absolute Gasteiger partial charge is 0.251 e. The number of anilines is 1. The monoisotopic (exact) mass is 479 g/mol. The maximum absolute atomic E-state index is 12.5. The van der Waals surface area contributed by atoms with Crippen LogP contribution in [-0.4, -0.2) is 30.9 Å². The van der Waals surface area contributed by atoms with E-state index in [0.717, 1.165) is 29.6 Å². The average molecular weight is 480 g/mol. The fourth-order valence-corrected chi connectivity index (χ4v) is 2.89. The number of aromatic nitrogens is 1. The lowest BCUT2D eigenvalue weighted by molar-refractivity contribution is -0.117. The molecule has 2 N–H and O–H groups in total. The first kappa shape index (κ1) is 28.5. The van der Waals surface area contributed by atoms with Gasteiger partial charge >= 0.3 is 0 Å². The molecule has 0 atom stereocenters. The molecule has 1 aromatic heterocycles. The molecule has 0 saturated carbocycles. The van der Waals surface area contributed by atoms with E-state index in [2.05, 4.69) is 58.8 Å². The zero-order valence-electron chi connectivity index (χ0n) is 20.2. The van der Waals surface area contributed by atoms with Crippen molar-refractivity contribution in [1.29, 1.82) is 0 Å². The van der Waals surface area contributed by atoms with Crippen LogP contribution in [0.5, 0.6) is 0 Å². The van der Waals surface area contributed by atoms with Crippen LogP contribution < -0.4 is 10.6 Å². The maximum Gasteiger partial charge on any atom is 0.251 e. The van der Waals surface area contributed by atoms with Crippen molar-refractivity contribution in [2.75, 3.05) is 12.4 Å². The number of rotatable bonds is 14. The molecule has 1 heterocycles. The summed E-state index contributed by atoms with van der Waals surface area (Å²) in [6.45, 7) is 12.0. The molecule has 0 bridgehead atoms. The molecule has 0 unspecified atom stereocenters. The second-order valence-electron chi connectivity index (χ2n) is 7.20. The van der Waals surface area contributed by atoms with Gasteiger partial charge in [-0.2, -0.15) is 0 Å². The largest absolute Gasteiger partial charge is 0.348 e. The minimum Gasteiger partial charge on any atom is -0.348 e. The van der Waals surface area contributed by atoms with Crippen molar-refractivity contribution in [3.63, 3.8) is 0 Å². The van der Waals surface area contributed by atoms with Crippen LogP contribution in [0.4, 0.5) is 5.82 Å². The van der Waals surface area contributed by atoms with Gasteiger partial charge in [-0.3, -0.25) is 14.8 Å². The standard InChI is InChI=1S/C27H34ClN5O/c1-6-9-23(11-8-10-22(7-2)18-29-4)17-25(30-5)16-21(3)27(34)33-20-24-12-13-26(32-19-24)31-15-14-28/h8-16,18-19H,3,5-7,17,20H2,1-2,4H3,(H,31,32)(H,33,34)/b11-8+,15-14+,22-10-,23-9+,25-16-,29-18?. The van der Waals surface area contributed by atoms with Gasteiger partial charge in [0.25, 0.3) is 5.91 Å². The highest BCUT2D eigenvalue weighted by atomic mass is 35.5. The number of hydrogen-bond donors (Lipinski definition) is 2. The molecule has 1 rings (SSSR count). The predicted molar refractivity (Wildman–Crippen MR) is 146 cm³/mol. The Hall–Kier alpha value is -3.51. The number of amides is 1. The zero-order chi connectivity index (χ0) is 25.2. The molecule has 180 valence electrons. The third-order valence-corrected chi connectivity index (χ3v) is 4.71. The first-order chi connectivity index (χ1) is 16.5. The van der Waals surface area contributed by atoms with Crippen LogP contribution in [0, 0.1) is 0 Å². The summed E-state index contributed by atoms with van der Waals surface area (Å²) in [4.78, 5) is 24.9. The first-order valence-electron chi connectivity index (χ1n) is 11.1. The SMILES string of the molecule is C=N/C(=C\C(=C)C(=O)NCc1ccc(N/C=C/Cl)nc1)CC(=C/CC)/C=C/C=C(\C=NC)CC. The number of halogens is 1. The van der Waals surface area contributed by atoms with E-state index in [-0.39, 0.29) is 5.91 Å². The maximum atomic E-state index is 12.5. The Bertz CT molecular complexity index is 998. The molecule has 0 spiro atoms. The summed E-state index contributed by atoms with van der Waals surface area (Å²) < 4.78 is 0. The quantitative estimate of drug-likeness (QED) is 0.187. The number of nitrogens with zero attached hydrogens (tertiary/aromatic N) is 3. The number of nitrogens with one attached hydrogen (secondary N) is 2. The van der Waals surface area contributed by atoms with Gasteiger partial charge in [-0.15, -0.1) is 0 Å². The molecule has 34 heavy (non-hydrogen) atoms. The highest BCUT2D eigenvalue weighted by molar-refractivity contribution is 6.25. The van der Waals surface area contributed by atoms with Crippen molar-refractivity contribution in [1.82, 2.24) is 10.3 Å². The highest BCUT2D eigenvalue weighted by Gasteiger charge is 2.07. The Morgan fingerprint density at radius 3 is 2.65 bits per heavy atom. The summed E-state index contributed by atoms with van der Waals surface area (Å²) in [5.74, 6) is 0.380. The van der Waals surface area contributed by atoms with Gasteiger partial charge in [0, 0.05) is 55.4 Å². The van der Waals surface area contributed by atoms with Crippen molar-refractivity contribution in [2.45, 2.75) is 39.7 Å². The number of carbonyl (C=O) groups is 1. The average Bonchev–Trinajstić information content (AvgIpc) is 2.85. The topological polar surface area (TPSA) is 78.7 Å². The van der Waals surface area contributed by atoms with Crippen LogP contribution in [0.2, 0.25) is 0 Å². The lowest BCUT2D eigenvalue weighted by atomic mass is 10.1. The van der Waals surface area contributed by atoms with Crippen LogP contribution in [0.3, 0.4) is 0 Å². The van der Waals surface area contributed by atoms with Crippen molar-refractivity contribution in [3.05, 3.63) is 95.0 Å². The van der Waals surface area contributed by atoms with Gasteiger partial charge in [0.1, 0.15) is 5.82 Å². The lowest BCUT2D eigenvalue weighted by Gasteiger charge is -2.08. The number of carbonyl (C=O) groups excluding carboxylic acids is 1. The minimum atomic E-state index is -0.278. The fraction of sp³-hybridized carbons (Fsp3) is 0.259. The molecule has 0 aliphatic heterocycles. The van der Waals surface area contributed by atoms with Crippen LogP contribution in [0.25, 0.3) is 0 Å². The molecule has 0 fully saturated rings. The van der Waals surface area contributed by atoms with Gasteiger partial charge < -0.3 is 10.6 Å². The third-order valence-electron chi connectivity index (χ3n) is 4.58. The summed E-state index contributed by atoms with van der Waals surface area (Å²) in [5.41, 5.74) is 5.43. The molecule has 0 aliphatic rings. The minimum absolute atomic E-state index is 0.278. The predicted octanol–water partition coefficient (Wildman–Crippen LogP) is 6.28.